The minimum Gasteiger partial charge on any atom is -0.342 e. The second-order valence-corrected chi connectivity index (χ2v) is 5.01. The minimum absolute atomic E-state index is 0.0166. The van der Waals surface area contributed by atoms with Crippen LogP contribution < -0.4 is 5.32 Å². The Hall–Kier alpha value is -2.15. The van der Waals surface area contributed by atoms with Gasteiger partial charge in [-0.2, -0.15) is 5.26 Å². The molecule has 1 amide bonds. The van der Waals surface area contributed by atoms with Crippen LogP contribution in [0.5, 0.6) is 0 Å². The molecule has 1 aromatic rings. The molecule has 0 unspecified atom stereocenters. The highest BCUT2D eigenvalue weighted by atomic mass is 16.2. The number of hydrogen-bond acceptors (Lipinski definition) is 3. The van der Waals surface area contributed by atoms with Crippen LogP contribution in [-0.4, -0.2) is 17.7 Å². The number of nitrogens with zero attached hydrogens (tertiary/aromatic N) is 1. The largest absolute Gasteiger partial charge is 0.342 e. The van der Waals surface area contributed by atoms with Gasteiger partial charge in [0.1, 0.15) is 0 Å². The number of rotatable bonds is 9. The van der Waals surface area contributed by atoms with E-state index < -0.39 is 6.04 Å². The first-order valence-electron chi connectivity index (χ1n) is 7.44. The average molecular weight is 286 g/mol. The summed E-state index contributed by atoms with van der Waals surface area (Å²) in [6.07, 6.45) is 3.79. The third kappa shape index (κ3) is 6.22. The number of carbonyl (C=O) groups is 2. The summed E-state index contributed by atoms with van der Waals surface area (Å²) in [6.45, 7) is 2.05. The predicted octanol–water partition coefficient (Wildman–Crippen LogP) is 3.24. The second kappa shape index (κ2) is 9.71. The first-order valence-corrected chi connectivity index (χ1v) is 7.44. The molecule has 0 saturated carbocycles. The van der Waals surface area contributed by atoms with E-state index in [4.69, 9.17) is 5.26 Å². The summed E-state index contributed by atoms with van der Waals surface area (Å²) in [5, 5.41) is 11.3. The normalized spacial score (nSPS) is 11.4. The number of ketones is 1. The number of Topliss-reactive ketones (excluding diaryl/α,β-unsaturated/α-hetero) is 1. The molecule has 0 saturated heterocycles. The molecule has 0 radical (unpaired) electrons. The van der Waals surface area contributed by atoms with Crippen LogP contribution in [-0.2, 0) is 4.79 Å². The van der Waals surface area contributed by atoms with E-state index in [2.05, 4.69) is 12.2 Å². The average Bonchev–Trinajstić information content (AvgIpc) is 2.52. The summed E-state index contributed by atoms with van der Waals surface area (Å²) in [5.41, 5.74) is 0.559. The van der Waals surface area contributed by atoms with Crippen LogP contribution in [0.15, 0.2) is 30.3 Å². The van der Waals surface area contributed by atoms with Gasteiger partial charge in [0, 0.05) is 18.4 Å². The molecule has 1 aromatic carbocycles. The molecule has 0 aliphatic rings. The Balaban J connectivity index is 2.62. The first-order chi connectivity index (χ1) is 10.2. The van der Waals surface area contributed by atoms with Gasteiger partial charge in [-0.15, -0.1) is 0 Å². The van der Waals surface area contributed by atoms with Crippen LogP contribution in [0.1, 0.15) is 55.8 Å². The van der Waals surface area contributed by atoms with Gasteiger partial charge in [-0.1, -0.05) is 38.0 Å². The Morgan fingerprint density at radius 3 is 2.57 bits per heavy atom. The molecular formula is C17H22N2O2. The lowest BCUT2D eigenvalue weighted by Crippen LogP contribution is -2.40. The lowest BCUT2D eigenvalue weighted by atomic mass is 10.0. The fraction of sp³-hybridized carbons (Fsp3) is 0.471. The van der Waals surface area contributed by atoms with Gasteiger partial charge in [0.25, 0.3) is 5.91 Å². The van der Waals surface area contributed by atoms with Crippen molar-refractivity contribution in [1.29, 1.82) is 5.26 Å². The standard InChI is InChI=1S/C17H22N2O2/c1-2-3-11-15(16(20)12-7-8-13-18)19-17(21)14-9-5-4-6-10-14/h4-6,9-10,15H,2-3,7-8,11-12H2,1H3,(H,19,21)/t15-/m0/s1. The summed E-state index contributed by atoms with van der Waals surface area (Å²) in [6, 6.07) is 10.5. The molecule has 4 heteroatoms. The number of hydrogen-bond donors (Lipinski definition) is 1. The first kappa shape index (κ1) is 16.9. The van der Waals surface area contributed by atoms with Crippen molar-refractivity contribution in [2.24, 2.45) is 0 Å². The van der Waals surface area contributed by atoms with Crippen molar-refractivity contribution < 1.29 is 9.59 Å². The lowest BCUT2D eigenvalue weighted by molar-refractivity contribution is -0.121. The molecule has 0 fully saturated rings. The third-order valence-electron chi connectivity index (χ3n) is 3.29. The highest BCUT2D eigenvalue weighted by Gasteiger charge is 2.20. The topological polar surface area (TPSA) is 70.0 Å². The number of unbranched alkanes of at least 4 members (excludes halogenated alkanes) is 2. The summed E-state index contributed by atoms with van der Waals surface area (Å²) in [7, 11) is 0. The molecule has 0 aliphatic carbocycles. The summed E-state index contributed by atoms with van der Waals surface area (Å²) in [5.74, 6) is -0.201. The van der Waals surface area contributed by atoms with Crippen molar-refractivity contribution >= 4 is 11.7 Å². The molecule has 0 heterocycles. The van der Waals surface area contributed by atoms with Crippen molar-refractivity contribution in [1.82, 2.24) is 5.32 Å². The lowest BCUT2D eigenvalue weighted by Gasteiger charge is -2.17. The molecule has 21 heavy (non-hydrogen) atoms. The molecule has 0 bridgehead atoms. The summed E-state index contributed by atoms with van der Waals surface area (Å²) >= 11 is 0. The highest BCUT2D eigenvalue weighted by Crippen LogP contribution is 2.08. The van der Waals surface area contributed by atoms with Gasteiger partial charge in [-0.05, 0) is 25.0 Å². The SMILES string of the molecule is CCCC[C@H](NC(=O)c1ccccc1)C(=O)CCCC#N. The molecule has 1 rings (SSSR count). The van der Waals surface area contributed by atoms with Crippen LogP contribution >= 0.6 is 0 Å². The molecule has 0 aliphatic heterocycles. The van der Waals surface area contributed by atoms with Gasteiger partial charge < -0.3 is 5.32 Å². The van der Waals surface area contributed by atoms with Crippen molar-refractivity contribution in [2.45, 2.75) is 51.5 Å². The number of nitriles is 1. The van der Waals surface area contributed by atoms with E-state index >= 15 is 0 Å². The van der Waals surface area contributed by atoms with E-state index in [-0.39, 0.29) is 11.7 Å². The summed E-state index contributed by atoms with van der Waals surface area (Å²) in [4.78, 5) is 24.3. The number of benzene rings is 1. The fourth-order valence-electron chi connectivity index (χ4n) is 2.07. The smallest absolute Gasteiger partial charge is 0.251 e. The Morgan fingerprint density at radius 1 is 1.24 bits per heavy atom. The maximum atomic E-state index is 12.2. The Labute approximate surface area is 126 Å². The van der Waals surface area contributed by atoms with E-state index in [9.17, 15) is 9.59 Å². The van der Waals surface area contributed by atoms with E-state index in [0.29, 0.717) is 31.2 Å². The van der Waals surface area contributed by atoms with Crippen molar-refractivity contribution in [3.8, 4) is 6.07 Å². The van der Waals surface area contributed by atoms with Gasteiger partial charge >= 0.3 is 0 Å². The van der Waals surface area contributed by atoms with Crippen molar-refractivity contribution in [2.75, 3.05) is 0 Å². The molecule has 1 atom stereocenters. The number of nitrogens with one attached hydrogen (secondary N) is 1. The third-order valence-corrected chi connectivity index (χ3v) is 3.29. The molecular weight excluding hydrogens is 264 g/mol. The molecule has 4 nitrogen and oxygen atoms in total. The van der Waals surface area contributed by atoms with Crippen molar-refractivity contribution in [3.63, 3.8) is 0 Å². The van der Waals surface area contributed by atoms with Gasteiger partial charge in [0.2, 0.25) is 0 Å². The van der Waals surface area contributed by atoms with Gasteiger partial charge in [-0.3, -0.25) is 9.59 Å². The minimum atomic E-state index is -0.448. The monoisotopic (exact) mass is 286 g/mol. The number of carbonyl (C=O) groups excluding carboxylic acids is 2. The van der Waals surface area contributed by atoms with Crippen LogP contribution in [0.4, 0.5) is 0 Å². The molecule has 0 aromatic heterocycles. The zero-order valence-electron chi connectivity index (χ0n) is 12.5. The van der Waals surface area contributed by atoms with Crippen LogP contribution in [0, 0.1) is 11.3 Å². The maximum absolute atomic E-state index is 12.2. The maximum Gasteiger partial charge on any atom is 0.251 e. The molecule has 1 N–H and O–H groups in total. The predicted molar refractivity (Wildman–Crippen MR) is 81.7 cm³/mol. The Bertz CT molecular complexity index is 491. The van der Waals surface area contributed by atoms with E-state index in [1.807, 2.05) is 12.1 Å². The molecule has 112 valence electrons. The zero-order valence-corrected chi connectivity index (χ0v) is 12.5. The second-order valence-electron chi connectivity index (χ2n) is 5.01. The zero-order chi connectivity index (χ0) is 15.5. The van der Waals surface area contributed by atoms with E-state index in [1.165, 1.54) is 0 Å². The molecule has 0 spiro atoms. The quantitative estimate of drug-likeness (QED) is 0.708. The van der Waals surface area contributed by atoms with Gasteiger partial charge in [0.05, 0.1) is 12.1 Å². The van der Waals surface area contributed by atoms with Crippen LogP contribution in [0.2, 0.25) is 0 Å². The van der Waals surface area contributed by atoms with Crippen LogP contribution in [0.25, 0.3) is 0 Å². The highest BCUT2D eigenvalue weighted by molar-refractivity contribution is 5.97. The van der Waals surface area contributed by atoms with Crippen molar-refractivity contribution in [3.05, 3.63) is 35.9 Å². The van der Waals surface area contributed by atoms with Gasteiger partial charge in [0.15, 0.2) is 5.78 Å². The Kier molecular flexibility index (Phi) is 7.81. The van der Waals surface area contributed by atoms with Gasteiger partial charge in [-0.25, -0.2) is 0 Å². The van der Waals surface area contributed by atoms with Crippen LogP contribution in [0.3, 0.4) is 0 Å². The van der Waals surface area contributed by atoms with E-state index in [1.54, 1.807) is 24.3 Å². The Morgan fingerprint density at radius 2 is 1.95 bits per heavy atom. The summed E-state index contributed by atoms with van der Waals surface area (Å²) < 4.78 is 0. The fourth-order valence-corrected chi connectivity index (χ4v) is 2.07. The number of amides is 1. The van der Waals surface area contributed by atoms with E-state index in [0.717, 1.165) is 12.8 Å².